The number of rotatable bonds is 2. The van der Waals surface area contributed by atoms with Gasteiger partial charge in [0.05, 0.1) is 0 Å². The SMILES string of the molecule is CN(C)c1cccc2c(S(=O)[O-])cccc12.[V]. The van der Waals surface area contributed by atoms with Crippen LogP contribution in [0.2, 0.25) is 0 Å². The molecule has 89 valence electrons. The molecule has 1 unspecified atom stereocenters. The van der Waals surface area contributed by atoms with Crippen LogP contribution < -0.4 is 4.90 Å². The smallest absolute Gasteiger partial charge is 0.0441 e. The van der Waals surface area contributed by atoms with Crippen LogP contribution in [0, 0.1) is 0 Å². The van der Waals surface area contributed by atoms with E-state index in [4.69, 9.17) is 0 Å². The van der Waals surface area contributed by atoms with Gasteiger partial charge in [-0.25, -0.2) is 0 Å². The van der Waals surface area contributed by atoms with E-state index in [1.54, 1.807) is 12.1 Å². The molecule has 0 N–H and O–H groups in total. The van der Waals surface area contributed by atoms with E-state index in [9.17, 15) is 8.76 Å². The summed E-state index contributed by atoms with van der Waals surface area (Å²) in [6.07, 6.45) is 0. The van der Waals surface area contributed by atoms with Crippen molar-refractivity contribution in [3.05, 3.63) is 36.4 Å². The predicted octanol–water partition coefficient (Wildman–Crippen LogP) is 2.14. The van der Waals surface area contributed by atoms with Gasteiger partial charge >= 0.3 is 0 Å². The maximum Gasteiger partial charge on any atom is 0.0441 e. The minimum Gasteiger partial charge on any atom is -0.768 e. The van der Waals surface area contributed by atoms with E-state index < -0.39 is 11.1 Å². The second kappa shape index (κ2) is 5.69. The van der Waals surface area contributed by atoms with E-state index in [1.165, 1.54) is 0 Å². The first-order valence-corrected chi connectivity index (χ1v) is 5.97. The molecule has 0 aliphatic carbocycles. The molecule has 0 spiro atoms. The third kappa shape index (κ3) is 2.72. The number of benzene rings is 2. The Hall–Kier alpha value is -0.806. The van der Waals surface area contributed by atoms with Crippen molar-refractivity contribution >= 4 is 27.5 Å². The molecule has 2 aromatic carbocycles. The Morgan fingerprint density at radius 3 is 2.24 bits per heavy atom. The Morgan fingerprint density at radius 2 is 1.65 bits per heavy atom. The van der Waals surface area contributed by atoms with Gasteiger partial charge in [0.25, 0.3) is 0 Å². The van der Waals surface area contributed by atoms with Crippen LogP contribution >= 0.6 is 0 Å². The average molecular weight is 285 g/mol. The van der Waals surface area contributed by atoms with Gasteiger partial charge in [-0.2, -0.15) is 0 Å². The minimum atomic E-state index is -2.19. The van der Waals surface area contributed by atoms with Crippen LogP contribution in [0.3, 0.4) is 0 Å². The van der Waals surface area contributed by atoms with Gasteiger partial charge in [-0.3, -0.25) is 4.21 Å². The maximum atomic E-state index is 11.1. The molecule has 2 rings (SSSR count). The zero-order valence-corrected chi connectivity index (χ0v) is 11.8. The molecule has 1 radical (unpaired) electrons. The van der Waals surface area contributed by atoms with E-state index in [0.717, 1.165) is 16.5 Å². The molecule has 0 heterocycles. The standard InChI is InChI=1S/C12H13NO2S.V/c1-13(2)11-7-3-6-10-9(11)5-4-8-12(10)16(14)15;/h3-8H,1-2H3,(H,14,15);/p-1. The number of hydrogen-bond donors (Lipinski definition) is 0. The predicted molar refractivity (Wildman–Crippen MR) is 65.5 cm³/mol. The fourth-order valence-corrected chi connectivity index (χ4v) is 2.35. The Balaban J connectivity index is 0.00000144. The summed E-state index contributed by atoms with van der Waals surface area (Å²) in [7, 11) is 3.88. The first-order valence-electron chi connectivity index (χ1n) is 4.89. The quantitative estimate of drug-likeness (QED) is 0.794. The monoisotopic (exact) mass is 285 g/mol. The Labute approximate surface area is 115 Å². The summed E-state index contributed by atoms with van der Waals surface area (Å²) in [6.45, 7) is 0. The second-order valence-corrected chi connectivity index (χ2v) is 4.67. The minimum absolute atomic E-state index is 0. The van der Waals surface area contributed by atoms with Crippen LogP contribution in [-0.2, 0) is 29.6 Å². The van der Waals surface area contributed by atoms with Crippen molar-refractivity contribution in [2.24, 2.45) is 0 Å². The van der Waals surface area contributed by atoms with Gasteiger partial charge in [-0.1, -0.05) is 24.3 Å². The summed E-state index contributed by atoms with van der Waals surface area (Å²) < 4.78 is 22.2. The molecule has 0 saturated carbocycles. The number of hydrogen-bond acceptors (Lipinski definition) is 3. The zero-order valence-electron chi connectivity index (χ0n) is 9.58. The maximum absolute atomic E-state index is 11.1. The van der Waals surface area contributed by atoms with Crippen molar-refractivity contribution in [1.82, 2.24) is 0 Å². The van der Waals surface area contributed by atoms with Gasteiger partial charge in [-0.05, 0) is 28.6 Å². The Bertz CT molecular complexity index is 557. The molecule has 0 aliphatic heterocycles. The number of fused-ring (bicyclic) bond motifs is 1. The van der Waals surface area contributed by atoms with Gasteiger partial charge in [0.2, 0.25) is 0 Å². The largest absolute Gasteiger partial charge is 0.768 e. The van der Waals surface area contributed by atoms with Crippen LogP contribution in [0.15, 0.2) is 41.3 Å². The van der Waals surface area contributed by atoms with Crippen LogP contribution in [0.25, 0.3) is 10.8 Å². The van der Waals surface area contributed by atoms with Crippen molar-refractivity contribution < 1.29 is 27.3 Å². The fraction of sp³-hybridized carbons (Fsp3) is 0.167. The number of anilines is 1. The molecule has 17 heavy (non-hydrogen) atoms. The normalized spacial score (nSPS) is 11.9. The second-order valence-electron chi connectivity index (χ2n) is 3.76. The molecule has 1 atom stereocenters. The summed E-state index contributed by atoms with van der Waals surface area (Å²) in [6, 6.07) is 11.0. The van der Waals surface area contributed by atoms with Gasteiger partial charge in [0.15, 0.2) is 0 Å². The van der Waals surface area contributed by atoms with E-state index in [0.29, 0.717) is 4.90 Å². The third-order valence-corrected chi connectivity index (χ3v) is 3.24. The zero-order chi connectivity index (χ0) is 11.7. The van der Waals surface area contributed by atoms with Gasteiger partial charge in [0, 0.05) is 48.6 Å². The summed E-state index contributed by atoms with van der Waals surface area (Å²) in [4.78, 5) is 2.32. The molecular formula is C12H12NO2SV-. The van der Waals surface area contributed by atoms with Crippen molar-refractivity contribution in [3.63, 3.8) is 0 Å². The van der Waals surface area contributed by atoms with Crippen molar-refractivity contribution in [2.45, 2.75) is 4.90 Å². The molecule has 0 aromatic heterocycles. The molecule has 3 nitrogen and oxygen atoms in total. The van der Waals surface area contributed by atoms with Gasteiger partial charge in [0.1, 0.15) is 0 Å². The number of nitrogens with zero attached hydrogens (tertiary/aromatic N) is 1. The topological polar surface area (TPSA) is 43.4 Å². The Kier molecular flexibility index (Phi) is 4.77. The van der Waals surface area contributed by atoms with Crippen molar-refractivity contribution in [2.75, 3.05) is 19.0 Å². The summed E-state index contributed by atoms with van der Waals surface area (Å²) in [5, 5.41) is 1.72. The van der Waals surface area contributed by atoms with E-state index in [-0.39, 0.29) is 18.6 Å². The van der Waals surface area contributed by atoms with Crippen LogP contribution in [0.5, 0.6) is 0 Å². The Morgan fingerprint density at radius 1 is 1.06 bits per heavy atom. The average Bonchev–Trinajstić information content (AvgIpc) is 2.27. The summed E-state index contributed by atoms with van der Waals surface area (Å²) in [5.41, 5.74) is 1.02. The molecular weight excluding hydrogens is 273 g/mol. The summed E-state index contributed by atoms with van der Waals surface area (Å²) in [5.74, 6) is 0. The fourth-order valence-electron chi connectivity index (χ4n) is 1.80. The van der Waals surface area contributed by atoms with E-state index in [1.807, 2.05) is 43.3 Å². The van der Waals surface area contributed by atoms with E-state index in [2.05, 4.69) is 0 Å². The first kappa shape index (κ1) is 14.3. The molecule has 5 heteroatoms. The molecule has 0 aliphatic rings. The third-order valence-electron chi connectivity index (χ3n) is 2.52. The van der Waals surface area contributed by atoms with Crippen molar-refractivity contribution in [3.8, 4) is 0 Å². The molecule has 0 bridgehead atoms. The first-order chi connectivity index (χ1) is 7.61. The molecule has 0 saturated heterocycles. The molecule has 0 fully saturated rings. The molecule has 2 aromatic rings. The van der Waals surface area contributed by atoms with Crippen LogP contribution in [-0.4, -0.2) is 22.9 Å². The van der Waals surface area contributed by atoms with E-state index >= 15 is 0 Å². The van der Waals surface area contributed by atoms with Gasteiger partial charge in [-0.15, -0.1) is 0 Å². The molecule has 0 amide bonds. The van der Waals surface area contributed by atoms with Crippen molar-refractivity contribution in [1.29, 1.82) is 0 Å². The van der Waals surface area contributed by atoms with Crippen LogP contribution in [0.1, 0.15) is 0 Å². The summed E-state index contributed by atoms with van der Waals surface area (Å²) >= 11 is -2.19. The van der Waals surface area contributed by atoms with Gasteiger partial charge < -0.3 is 9.45 Å². The van der Waals surface area contributed by atoms with Crippen LogP contribution in [0.4, 0.5) is 5.69 Å².